The lowest BCUT2D eigenvalue weighted by molar-refractivity contribution is -0.149. The van der Waals surface area contributed by atoms with Gasteiger partial charge in [0.2, 0.25) is 5.78 Å². The SMILES string of the molecule is O=C(O)CCCCC(=O)CCC(=O)C(=O)O. The van der Waals surface area contributed by atoms with E-state index in [4.69, 9.17) is 10.2 Å². The number of carbonyl (C=O) groups excluding carboxylic acids is 2. The van der Waals surface area contributed by atoms with Crippen LogP contribution in [0.1, 0.15) is 38.5 Å². The molecular weight excluding hydrogens is 216 g/mol. The minimum atomic E-state index is -1.53. The highest BCUT2D eigenvalue weighted by Gasteiger charge is 2.13. The molecule has 0 bridgehead atoms. The minimum Gasteiger partial charge on any atom is -0.481 e. The van der Waals surface area contributed by atoms with E-state index in [2.05, 4.69) is 0 Å². The van der Waals surface area contributed by atoms with Gasteiger partial charge in [-0.2, -0.15) is 0 Å². The molecule has 6 heteroatoms. The van der Waals surface area contributed by atoms with Crippen molar-refractivity contribution in [3.05, 3.63) is 0 Å². The summed E-state index contributed by atoms with van der Waals surface area (Å²) in [5, 5.41) is 16.6. The first-order valence-electron chi connectivity index (χ1n) is 4.93. The van der Waals surface area contributed by atoms with Crippen LogP contribution in [0.3, 0.4) is 0 Å². The molecule has 0 saturated carbocycles. The molecule has 0 rings (SSSR count). The van der Waals surface area contributed by atoms with E-state index in [1.807, 2.05) is 0 Å². The van der Waals surface area contributed by atoms with Crippen LogP contribution in [0.4, 0.5) is 0 Å². The van der Waals surface area contributed by atoms with Crippen LogP contribution in [0.15, 0.2) is 0 Å². The second-order valence-electron chi connectivity index (χ2n) is 3.37. The highest BCUT2D eigenvalue weighted by atomic mass is 16.4. The average Bonchev–Trinajstić information content (AvgIpc) is 2.20. The van der Waals surface area contributed by atoms with Crippen molar-refractivity contribution in [2.75, 3.05) is 0 Å². The zero-order valence-corrected chi connectivity index (χ0v) is 8.77. The second-order valence-corrected chi connectivity index (χ2v) is 3.37. The molecule has 0 aliphatic carbocycles. The van der Waals surface area contributed by atoms with Crippen molar-refractivity contribution >= 4 is 23.5 Å². The Balaban J connectivity index is 3.56. The number of carbonyl (C=O) groups is 4. The van der Waals surface area contributed by atoms with Gasteiger partial charge in [0.1, 0.15) is 5.78 Å². The Bertz CT molecular complexity index is 294. The molecule has 0 unspecified atom stereocenters. The molecule has 0 amide bonds. The van der Waals surface area contributed by atoms with E-state index < -0.39 is 17.7 Å². The van der Waals surface area contributed by atoms with Crippen molar-refractivity contribution < 1.29 is 29.4 Å². The van der Waals surface area contributed by atoms with Crippen molar-refractivity contribution in [3.8, 4) is 0 Å². The summed E-state index contributed by atoms with van der Waals surface area (Å²) in [6, 6.07) is 0. The first-order valence-corrected chi connectivity index (χ1v) is 4.93. The maximum Gasteiger partial charge on any atom is 0.372 e. The summed E-state index contributed by atoms with van der Waals surface area (Å²) in [4.78, 5) is 42.0. The van der Waals surface area contributed by atoms with E-state index in [0.717, 1.165) is 0 Å². The van der Waals surface area contributed by atoms with Gasteiger partial charge in [-0.05, 0) is 12.8 Å². The van der Waals surface area contributed by atoms with Crippen LogP contribution in [0.25, 0.3) is 0 Å². The number of unbranched alkanes of at least 4 members (excludes halogenated alkanes) is 1. The highest BCUT2D eigenvalue weighted by molar-refractivity contribution is 6.32. The van der Waals surface area contributed by atoms with Crippen LogP contribution < -0.4 is 0 Å². The fourth-order valence-corrected chi connectivity index (χ4v) is 1.08. The van der Waals surface area contributed by atoms with Crippen LogP contribution >= 0.6 is 0 Å². The van der Waals surface area contributed by atoms with E-state index in [1.165, 1.54) is 0 Å². The van der Waals surface area contributed by atoms with Gasteiger partial charge in [0.15, 0.2) is 0 Å². The number of hydrogen-bond acceptors (Lipinski definition) is 4. The number of carboxylic acid groups (broad SMARTS) is 2. The number of hydrogen-bond donors (Lipinski definition) is 2. The molecule has 0 radical (unpaired) electrons. The topological polar surface area (TPSA) is 109 Å². The summed E-state index contributed by atoms with van der Waals surface area (Å²) in [7, 11) is 0. The second kappa shape index (κ2) is 7.56. The van der Waals surface area contributed by atoms with E-state index in [1.54, 1.807) is 0 Å². The molecule has 2 N–H and O–H groups in total. The molecule has 0 aliphatic heterocycles. The van der Waals surface area contributed by atoms with E-state index >= 15 is 0 Å². The lowest BCUT2D eigenvalue weighted by atomic mass is 10.1. The molecule has 0 atom stereocenters. The molecule has 90 valence electrons. The van der Waals surface area contributed by atoms with Gasteiger partial charge in [0, 0.05) is 25.7 Å². The van der Waals surface area contributed by atoms with Gasteiger partial charge in [-0.15, -0.1) is 0 Å². The third-order valence-electron chi connectivity index (χ3n) is 1.97. The molecule has 16 heavy (non-hydrogen) atoms. The Morgan fingerprint density at radius 2 is 1.31 bits per heavy atom. The lowest BCUT2D eigenvalue weighted by Gasteiger charge is -1.98. The Labute approximate surface area is 92.3 Å². The first kappa shape index (κ1) is 14.3. The van der Waals surface area contributed by atoms with Crippen molar-refractivity contribution in [2.45, 2.75) is 38.5 Å². The van der Waals surface area contributed by atoms with Crippen LogP contribution in [0.5, 0.6) is 0 Å². The highest BCUT2D eigenvalue weighted by Crippen LogP contribution is 2.04. The largest absolute Gasteiger partial charge is 0.481 e. The molecule has 0 saturated heterocycles. The summed E-state index contributed by atoms with van der Waals surface area (Å²) in [5.74, 6) is -3.62. The third kappa shape index (κ3) is 7.66. The molecule has 0 aliphatic rings. The van der Waals surface area contributed by atoms with Crippen molar-refractivity contribution in [3.63, 3.8) is 0 Å². The summed E-state index contributed by atoms with van der Waals surface area (Å²) in [5.41, 5.74) is 0. The van der Waals surface area contributed by atoms with E-state index in [9.17, 15) is 19.2 Å². The standard InChI is InChI=1S/C10H14O6/c11-7(3-1-2-4-9(13)14)5-6-8(12)10(15)16/h1-6H2,(H,13,14)(H,15,16). The normalized spacial score (nSPS) is 9.75. The number of aliphatic carboxylic acids is 2. The van der Waals surface area contributed by atoms with Crippen LogP contribution in [-0.4, -0.2) is 33.7 Å². The fraction of sp³-hybridized carbons (Fsp3) is 0.600. The van der Waals surface area contributed by atoms with Gasteiger partial charge in [-0.3, -0.25) is 14.4 Å². The van der Waals surface area contributed by atoms with Gasteiger partial charge in [-0.1, -0.05) is 0 Å². The number of ketones is 2. The fourth-order valence-electron chi connectivity index (χ4n) is 1.08. The van der Waals surface area contributed by atoms with Crippen molar-refractivity contribution in [2.24, 2.45) is 0 Å². The van der Waals surface area contributed by atoms with Crippen molar-refractivity contribution in [1.29, 1.82) is 0 Å². The zero-order chi connectivity index (χ0) is 12.6. The Kier molecular flexibility index (Phi) is 6.74. The molecule has 6 nitrogen and oxygen atoms in total. The Hall–Kier alpha value is -1.72. The third-order valence-corrected chi connectivity index (χ3v) is 1.97. The smallest absolute Gasteiger partial charge is 0.372 e. The molecule has 0 aromatic carbocycles. The summed E-state index contributed by atoms with van der Waals surface area (Å²) >= 11 is 0. The predicted octanol–water partition coefficient (Wildman–Crippen LogP) is 0.634. The predicted molar refractivity (Wildman–Crippen MR) is 53.0 cm³/mol. The van der Waals surface area contributed by atoms with Crippen LogP contribution in [-0.2, 0) is 19.2 Å². The summed E-state index contributed by atoms with van der Waals surface area (Å²) < 4.78 is 0. The Morgan fingerprint density at radius 1 is 0.750 bits per heavy atom. The van der Waals surface area contributed by atoms with Crippen LogP contribution in [0.2, 0.25) is 0 Å². The van der Waals surface area contributed by atoms with Crippen molar-refractivity contribution in [1.82, 2.24) is 0 Å². The monoisotopic (exact) mass is 230 g/mol. The zero-order valence-electron chi connectivity index (χ0n) is 8.77. The Morgan fingerprint density at radius 3 is 1.81 bits per heavy atom. The van der Waals surface area contributed by atoms with Crippen LogP contribution in [0, 0.1) is 0 Å². The average molecular weight is 230 g/mol. The lowest BCUT2D eigenvalue weighted by Crippen LogP contribution is -2.13. The minimum absolute atomic E-state index is 0.0152. The molecular formula is C10H14O6. The quantitative estimate of drug-likeness (QED) is 0.444. The van der Waals surface area contributed by atoms with E-state index in [-0.39, 0.29) is 31.5 Å². The molecule has 0 heterocycles. The number of rotatable bonds is 9. The van der Waals surface area contributed by atoms with Gasteiger partial charge >= 0.3 is 11.9 Å². The number of Topliss-reactive ketones (excluding diaryl/α,β-unsaturated/α-hetero) is 2. The number of carboxylic acids is 2. The van der Waals surface area contributed by atoms with Gasteiger partial charge < -0.3 is 10.2 Å². The molecule has 0 aromatic rings. The molecule has 0 spiro atoms. The maximum absolute atomic E-state index is 11.1. The summed E-state index contributed by atoms with van der Waals surface area (Å²) in [6.07, 6.45) is 0.702. The van der Waals surface area contributed by atoms with Gasteiger partial charge in [0.05, 0.1) is 0 Å². The van der Waals surface area contributed by atoms with Gasteiger partial charge in [-0.25, -0.2) is 4.79 Å². The van der Waals surface area contributed by atoms with E-state index in [0.29, 0.717) is 12.8 Å². The first-order chi connectivity index (χ1) is 7.43. The molecule has 0 fully saturated rings. The summed E-state index contributed by atoms with van der Waals surface area (Å²) in [6.45, 7) is 0. The van der Waals surface area contributed by atoms with Gasteiger partial charge in [0.25, 0.3) is 0 Å². The maximum atomic E-state index is 11.1. The molecule has 0 aromatic heterocycles.